The van der Waals surface area contributed by atoms with Gasteiger partial charge in [0.05, 0.1) is 5.69 Å². The van der Waals surface area contributed by atoms with E-state index >= 15 is 0 Å². The number of carbonyl (C=O) groups is 3. The van der Waals surface area contributed by atoms with E-state index in [0.717, 1.165) is 19.3 Å². The maximum absolute atomic E-state index is 12.5. The van der Waals surface area contributed by atoms with E-state index in [2.05, 4.69) is 6.92 Å². The number of carbonyl (C=O) groups excluding carboxylic acids is 2. The molecule has 1 amide bonds. The lowest BCUT2D eigenvalue weighted by Gasteiger charge is -2.31. The maximum Gasteiger partial charge on any atom is 0.324 e. The smallest absolute Gasteiger partial charge is 0.324 e. The van der Waals surface area contributed by atoms with Crippen LogP contribution in [0.5, 0.6) is 0 Å². The van der Waals surface area contributed by atoms with Gasteiger partial charge in [-0.15, -0.1) is 0 Å². The van der Waals surface area contributed by atoms with Crippen molar-refractivity contribution >= 4 is 23.3 Å². The van der Waals surface area contributed by atoms with Gasteiger partial charge in [0.2, 0.25) is 5.91 Å². The standard InChI is InChI=1S/C19H25NO4/c1-2-3-4-5-6-7-10-13-20-15-12-9-8-11-14(15)17(21)16(18(20)22)19(23)24/h8-9,11-12,16H,2-7,10,13H2,1H3,(H,23,24)/t16-/m0/s1. The van der Waals surface area contributed by atoms with Crippen molar-refractivity contribution in [1.29, 1.82) is 0 Å². The third-order valence-corrected chi connectivity index (χ3v) is 4.47. The fourth-order valence-corrected chi connectivity index (χ4v) is 3.14. The fourth-order valence-electron chi connectivity index (χ4n) is 3.14. The fraction of sp³-hybridized carbons (Fsp3) is 0.526. The lowest BCUT2D eigenvalue weighted by molar-refractivity contribution is -0.144. The molecule has 5 heteroatoms. The third-order valence-electron chi connectivity index (χ3n) is 4.47. The Morgan fingerprint density at radius 1 is 1.04 bits per heavy atom. The van der Waals surface area contributed by atoms with Gasteiger partial charge in [-0.05, 0) is 18.6 Å². The van der Waals surface area contributed by atoms with Crippen LogP contribution in [0, 0.1) is 5.92 Å². The van der Waals surface area contributed by atoms with Crippen LogP contribution in [0.4, 0.5) is 5.69 Å². The van der Waals surface area contributed by atoms with Gasteiger partial charge < -0.3 is 10.0 Å². The van der Waals surface area contributed by atoms with Crippen LogP contribution in [-0.4, -0.2) is 29.3 Å². The van der Waals surface area contributed by atoms with Gasteiger partial charge in [0.25, 0.3) is 0 Å². The summed E-state index contributed by atoms with van der Waals surface area (Å²) in [7, 11) is 0. The summed E-state index contributed by atoms with van der Waals surface area (Å²) in [5.74, 6) is -4.20. The Morgan fingerprint density at radius 3 is 2.33 bits per heavy atom. The van der Waals surface area contributed by atoms with Gasteiger partial charge in [0.15, 0.2) is 11.7 Å². The van der Waals surface area contributed by atoms with Gasteiger partial charge in [-0.25, -0.2) is 0 Å². The molecule has 130 valence electrons. The van der Waals surface area contributed by atoms with Crippen LogP contribution in [0.3, 0.4) is 0 Å². The van der Waals surface area contributed by atoms with Crippen LogP contribution in [-0.2, 0) is 9.59 Å². The van der Waals surface area contributed by atoms with Gasteiger partial charge in [-0.1, -0.05) is 57.6 Å². The molecule has 1 aromatic rings. The van der Waals surface area contributed by atoms with Gasteiger partial charge >= 0.3 is 5.97 Å². The van der Waals surface area contributed by atoms with Crippen molar-refractivity contribution in [2.75, 3.05) is 11.4 Å². The maximum atomic E-state index is 12.5. The highest BCUT2D eigenvalue weighted by atomic mass is 16.4. The first-order chi connectivity index (χ1) is 11.6. The van der Waals surface area contributed by atoms with Crippen molar-refractivity contribution in [2.45, 2.75) is 51.9 Å². The summed E-state index contributed by atoms with van der Waals surface area (Å²) in [6, 6.07) is 6.76. The number of carboxylic acid groups (broad SMARTS) is 1. The van der Waals surface area contributed by atoms with E-state index in [1.807, 2.05) is 0 Å². The minimum atomic E-state index is -1.61. The zero-order chi connectivity index (χ0) is 17.5. The molecule has 0 aromatic heterocycles. The van der Waals surface area contributed by atoms with Crippen molar-refractivity contribution in [1.82, 2.24) is 0 Å². The van der Waals surface area contributed by atoms with Crippen LogP contribution in [0.25, 0.3) is 0 Å². The number of Topliss-reactive ketones (excluding diaryl/α,β-unsaturated/α-hetero) is 1. The molecule has 1 atom stereocenters. The average Bonchev–Trinajstić information content (AvgIpc) is 2.56. The first-order valence-corrected chi connectivity index (χ1v) is 8.75. The molecule has 0 saturated heterocycles. The SMILES string of the molecule is CCCCCCCCCN1C(=O)[C@@H](C(=O)O)C(=O)c2ccccc21. The topological polar surface area (TPSA) is 74.7 Å². The number of ketones is 1. The number of hydrogen-bond acceptors (Lipinski definition) is 3. The zero-order valence-corrected chi connectivity index (χ0v) is 14.2. The molecule has 1 heterocycles. The summed E-state index contributed by atoms with van der Waals surface area (Å²) >= 11 is 0. The molecule has 24 heavy (non-hydrogen) atoms. The van der Waals surface area contributed by atoms with E-state index in [0.29, 0.717) is 17.8 Å². The number of unbranched alkanes of at least 4 members (excludes halogenated alkanes) is 6. The van der Waals surface area contributed by atoms with Crippen molar-refractivity contribution in [3.8, 4) is 0 Å². The molecule has 0 spiro atoms. The number of benzene rings is 1. The molecule has 1 aliphatic heterocycles. The normalized spacial score (nSPS) is 17.0. The summed E-state index contributed by atoms with van der Waals surface area (Å²) in [4.78, 5) is 37.5. The average molecular weight is 331 g/mol. The predicted octanol–water partition coefficient (Wildman–Crippen LogP) is 3.67. The van der Waals surface area contributed by atoms with Crippen LogP contribution in [0.1, 0.15) is 62.2 Å². The Hall–Kier alpha value is -2.17. The number of rotatable bonds is 9. The second-order valence-electron chi connectivity index (χ2n) is 6.26. The number of hydrogen-bond donors (Lipinski definition) is 1. The molecular formula is C19H25NO4. The number of amides is 1. The molecule has 0 aliphatic carbocycles. The molecule has 1 aliphatic rings. The molecule has 1 N–H and O–H groups in total. The highest BCUT2D eigenvalue weighted by molar-refractivity contribution is 6.30. The molecule has 0 fully saturated rings. The molecule has 0 bridgehead atoms. The number of aliphatic carboxylic acids is 1. The number of anilines is 1. The quantitative estimate of drug-likeness (QED) is 0.553. The van der Waals surface area contributed by atoms with E-state index in [-0.39, 0.29) is 0 Å². The molecule has 5 nitrogen and oxygen atoms in total. The largest absolute Gasteiger partial charge is 0.480 e. The van der Waals surface area contributed by atoms with Gasteiger partial charge in [0, 0.05) is 12.1 Å². The first-order valence-electron chi connectivity index (χ1n) is 8.75. The third kappa shape index (κ3) is 4.02. The van der Waals surface area contributed by atoms with Gasteiger partial charge in [-0.2, -0.15) is 0 Å². The summed E-state index contributed by atoms with van der Waals surface area (Å²) in [6.07, 6.45) is 7.81. The number of para-hydroxylation sites is 1. The van der Waals surface area contributed by atoms with Gasteiger partial charge in [-0.3, -0.25) is 14.4 Å². The van der Waals surface area contributed by atoms with E-state index < -0.39 is 23.6 Å². The Morgan fingerprint density at radius 2 is 1.67 bits per heavy atom. The lowest BCUT2D eigenvalue weighted by atomic mass is 9.90. The Labute approximate surface area is 142 Å². The van der Waals surface area contributed by atoms with Crippen LogP contribution < -0.4 is 4.90 Å². The number of nitrogens with zero attached hydrogens (tertiary/aromatic N) is 1. The van der Waals surface area contributed by atoms with E-state index in [4.69, 9.17) is 0 Å². The lowest BCUT2D eigenvalue weighted by Crippen LogP contribution is -2.48. The van der Waals surface area contributed by atoms with Crippen LogP contribution >= 0.6 is 0 Å². The molecule has 0 saturated carbocycles. The number of carboxylic acids is 1. The van der Waals surface area contributed by atoms with Crippen LogP contribution in [0.15, 0.2) is 24.3 Å². The summed E-state index contributed by atoms with van der Waals surface area (Å²) < 4.78 is 0. The minimum absolute atomic E-state index is 0.326. The van der Waals surface area contributed by atoms with Gasteiger partial charge in [0.1, 0.15) is 0 Å². The summed E-state index contributed by atoms with van der Waals surface area (Å²) in [5, 5.41) is 9.25. The first kappa shape index (κ1) is 18.2. The van der Waals surface area contributed by atoms with E-state index in [1.165, 1.54) is 30.6 Å². The van der Waals surface area contributed by atoms with Crippen LogP contribution in [0.2, 0.25) is 0 Å². The molecule has 1 aromatic carbocycles. The molecular weight excluding hydrogens is 306 g/mol. The van der Waals surface area contributed by atoms with Crippen molar-refractivity contribution in [3.05, 3.63) is 29.8 Å². The van der Waals surface area contributed by atoms with E-state index in [1.54, 1.807) is 24.3 Å². The summed E-state index contributed by atoms with van der Waals surface area (Å²) in [6.45, 7) is 2.64. The second-order valence-corrected chi connectivity index (χ2v) is 6.26. The Kier molecular flexibility index (Phi) is 6.53. The highest BCUT2D eigenvalue weighted by Gasteiger charge is 2.43. The monoisotopic (exact) mass is 331 g/mol. The highest BCUT2D eigenvalue weighted by Crippen LogP contribution is 2.31. The Bertz CT molecular complexity index is 611. The molecule has 0 unspecified atom stereocenters. The Balaban J connectivity index is 2.02. The van der Waals surface area contributed by atoms with E-state index in [9.17, 15) is 19.5 Å². The second kappa shape index (κ2) is 8.62. The zero-order valence-electron chi connectivity index (χ0n) is 14.2. The minimum Gasteiger partial charge on any atom is -0.480 e. The molecule has 2 rings (SSSR count). The van der Waals surface area contributed by atoms with Crippen molar-refractivity contribution < 1.29 is 19.5 Å². The van der Waals surface area contributed by atoms with Crippen molar-refractivity contribution in [3.63, 3.8) is 0 Å². The predicted molar refractivity (Wildman–Crippen MR) is 92.2 cm³/mol. The van der Waals surface area contributed by atoms with Crippen molar-refractivity contribution in [2.24, 2.45) is 5.92 Å². The number of fused-ring (bicyclic) bond motifs is 1. The molecule has 0 radical (unpaired) electrons. The summed E-state index contributed by atoms with van der Waals surface area (Å²) in [5.41, 5.74) is 0.864.